The van der Waals surface area contributed by atoms with Gasteiger partial charge in [-0.25, -0.2) is 0 Å². The lowest BCUT2D eigenvalue weighted by Gasteiger charge is -2.12. The molecular formula is C29H40N6O5. The van der Waals surface area contributed by atoms with E-state index < -0.39 is 11.8 Å². The Morgan fingerprint density at radius 2 is 1.60 bits per heavy atom. The number of nitrogens with zero attached hydrogens (tertiary/aromatic N) is 2. The first-order chi connectivity index (χ1) is 18.8. The van der Waals surface area contributed by atoms with E-state index in [1.165, 1.54) is 6.07 Å². The third-order valence-electron chi connectivity index (χ3n) is 5.08. The molecule has 2 aromatic rings. The zero-order valence-electron chi connectivity index (χ0n) is 24.1. The molecule has 0 radical (unpaired) electrons. The smallest absolute Gasteiger partial charge is 0.273 e. The van der Waals surface area contributed by atoms with Gasteiger partial charge in [-0.15, -0.1) is 0 Å². The van der Waals surface area contributed by atoms with E-state index in [-0.39, 0.29) is 41.6 Å². The number of unbranched alkanes of at least 4 members (excludes halogenated alkanes) is 1. The fourth-order valence-corrected chi connectivity index (χ4v) is 2.99. The van der Waals surface area contributed by atoms with Crippen molar-refractivity contribution in [1.82, 2.24) is 26.4 Å². The molecule has 0 unspecified atom stereocenters. The van der Waals surface area contributed by atoms with Crippen LogP contribution in [-0.2, 0) is 20.9 Å². The van der Waals surface area contributed by atoms with Crippen molar-refractivity contribution in [1.29, 1.82) is 5.26 Å². The van der Waals surface area contributed by atoms with Crippen molar-refractivity contribution in [2.45, 2.75) is 60.9 Å². The predicted octanol–water partition coefficient (Wildman–Crippen LogP) is 2.85. The average molecular weight is 553 g/mol. The molecular weight excluding hydrogens is 512 g/mol. The number of amides is 4. The Morgan fingerprint density at radius 1 is 0.975 bits per heavy atom. The van der Waals surface area contributed by atoms with Gasteiger partial charge in [0, 0.05) is 19.2 Å². The Bertz CT molecular complexity index is 1200. The van der Waals surface area contributed by atoms with Crippen LogP contribution in [0.1, 0.15) is 67.9 Å². The first kappa shape index (κ1) is 33.6. The molecule has 0 saturated heterocycles. The molecule has 11 heteroatoms. The number of benzene rings is 1. The summed E-state index contributed by atoms with van der Waals surface area (Å²) in [5, 5.41) is 22.6. The molecule has 0 aliphatic carbocycles. The van der Waals surface area contributed by atoms with Crippen LogP contribution >= 0.6 is 0 Å². The number of nitriles is 1. The number of hydrogen-bond acceptors (Lipinski definition) is 7. The van der Waals surface area contributed by atoms with Crippen molar-refractivity contribution < 1.29 is 23.7 Å². The summed E-state index contributed by atoms with van der Waals surface area (Å²) in [6, 6.07) is 11.2. The third-order valence-corrected chi connectivity index (χ3v) is 5.08. The molecule has 0 spiro atoms. The molecule has 1 aromatic carbocycles. The summed E-state index contributed by atoms with van der Waals surface area (Å²) in [5.41, 5.74) is 2.28. The van der Waals surface area contributed by atoms with Crippen molar-refractivity contribution in [3.63, 3.8) is 0 Å². The van der Waals surface area contributed by atoms with E-state index in [9.17, 15) is 19.2 Å². The second-order valence-corrected chi connectivity index (χ2v) is 10.2. The largest absolute Gasteiger partial charge is 0.361 e. The number of nitrogens with one attached hydrogen (secondary N) is 4. The number of carbonyl (C=O) groups is 4. The highest BCUT2D eigenvalue weighted by Gasteiger charge is 2.14. The van der Waals surface area contributed by atoms with E-state index >= 15 is 0 Å². The summed E-state index contributed by atoms with van der Waals surface area (Å²) in [7, 11) is 0. The van der Waals surface area contributed by atoms with Gasteiger partial charge < -0.3 is 25.8 Å². The fraction of sp³-hybridized carbons (Fsp3) is 0.448. The molecule has 2 rings (SSSR count). The number of carbonyl (C=O) groups excluding carboxylic acids is 4. The molecule has 40 heavy (non-hydrogen) atoms. The first-order valence-corrected chi connectivity index (χ1v) is 13.1. The molecule has 1 aromatic heterocycles. The minimum absolute atomic E-state index is 0.0983. The van der Waals surface area contributed by atoms with Crippen LogP contribution in [0.15, 0.2) is 46.5 Å². The quantitative estimate of drug-likeness (QED) is 0.189. The summed E-state index contributed by atoms with van der Waals surface area (Å²) in [6.45, 7) is 12.2. The first-order valence-electron chi connectivity index (χ1n) is 13.1. The van der Waals surface area contributed by atoms with E-state index in [1.807, 2.05) is 58.0 Å². The lowest BCUT2D eigenvalue weighted by molar-refractivity contribution is -0.125. The minimum Gasteiger partial charge on any atom is -0.361 e. The van der Waals surface area contributed by atoms with Gasteiger partial charge in [-0.2, -0.15) is 5.26 Å². The second kappa shape index (κ2) is 17.2. The molecule has 0 fully saturated rings. The minimum atomic E-state index is -0.518. The van der Waals surface area contributed by atoms with Crippen LogP contribution in [0, 0.1) is 30.6 Å². The maximum Gasteiger partial charge on any atom is 0.273 e. The van der Waals surface area contributed by atoms with E-state index in [0.717, 1.165) is 24.0 Å². The van der Waals surface area contributed by atoms with Gasteiger partial charge in [-0.3, -0.25) is 19.2 Å². The summed E-state index contributed by atoms with van der Waals surface area (Å²) in [5.74, 6) is -1.07. The van der Waals surface area contributed by atoms with Gasteiger partial charge in [-0.1, -0.05) is 75.2 Å². The maximum absolute atomic E-state index is 11.7. The third kappa shape index (κ3) is 14.5. The predicted molar refractivity (Wildman–Crippen MR) is 151 cm³/mol. The monoisotopic (exact) mass is 552 g/mol. The van der Waals surface area contributed by atoms with Crippen LogP contribution in [-0.4, -0.2) is 48.4 Å². The van der Waals surface area contributed by atoms with E-state index in [1.54, 1.807) is 13.0 Å². The van der Waals surface area contributed by atoms with Crippen LogP contribution in [0.25, 0.3) is 0 Å². The van der Waals surface area contributed by atoms with Gasteiger partial charge in [0.2, 0.25) is 11.8 Å². The second-order valence-electron chi connectivity index (χ2n) is 10.2. The zero-order valence-corrected chi connectivity index (χ0v) is 24.1. The van der Waals surface area contributed by atoms with Crippen LogP contribution < -0.4 is 21.3 Å². The number of rotatable bonds is 11. The SMILES string of the molecule is CCCCNC(=O)/C(C#N)=C/C(C)(C)C.Cc1ccc(CNC(=O)CNC(=O)CNC(=O)c2cc(C)on2)cc1. The highest BCUT2D eigenvalue weighted by Crippen LogP contribution is 2.17. The van der Waals surface area contributed by atoms with Gasteiger partial charge in [0.25, 0.3) is 11.8 Å². The molecule has 0 atom stereocenters. The van der Waals surface area contributed by atoms with E-state index in [2.05, 4.69) is 33.3 Å². The lowest BCUT2D eigenvalue weighted by atomic mass is 9.93. The average Bonchev–Trinajstić information content (AvgIpc) is 3.35. The van der Waals surface area contributed by atoms with Crippen molar-refractivity contribution in [3.05, 3.63) is 64.6 Å². The topological polar surface area (TPSA) is 166 Å². The molecule has 0 saturated carbocycles. The molecule has 11 nitrogen and oxygen atoms in total. The highest BCUT2D eigenvalue weighted by molar-refractivity contribution is 5.97. The molecule has 0 aliphatic rings. The van der Waals surface area contributed by atoms with E-state index in [4.69, 9.17) is 9.78 Å². The molecule has 0 aliphatic heterocycles. The number of aryl methyl sites for hydroxylation is 2. The number of allylic oxidation sites excluding steroid dienone is 1. The van der Waals surface area contributed by atoms with Gasteiger partial charge >= 0.3 is 0 Å². The Hall–Kier alpha value is -4.46. The standard InChI is InChI=1S/C17H20N4O4.C12H20N2O/c1-11-3-5-13(6-4-11)8-18-15(22)9-19-16(23)10-20-17(24)14-7-12(2)25-21-14;1-5-6-7-14-11(15)10(9-13)8-12(2,3)4/h3-7H,8-10H2,1-2H3,(H,18,22)(H,19,23)(H,20,24);8H,5-7H2,1-4H3,(H,14,15)/b;10-8+. The van der Waals surface area contributed by atoms with Crippen LogP contribution in [0.4, 0.5) is 0 Å². The maximum atomic E-state index is 11.7. The molecule has 0 bridgehead atoms. The summed E-state index contributed by atoms with van der Waals surface area (Å²) >= 11 is 0. The normalized spacial score (nSPS) is 10.9. The van der Waals surface area contributed by atoms with Crippen LogP contribution in [0.2, 0.25) is 0 Å². The van der Waals surface area contributed by atoms with Gasteiger partial charge in [-0.05, 0) is 31.2 Å². The number of aromatic nitrogens is 1. The van der Waals surface area contributed by atoms with Crippen molar-refractivity contribution in [2.24, 2.45) is 5.41 Å². The van der Waals surface area contributed by atoms with Crippen LogP contribution in [0.5, 0.6) is 0 Å². The Morgan fingerprint density at radius 3 is 2.15 bits per heavy atom. The van der Waals surface area contributed by atoms with Crippen molar-refractivity contribution >= 4 is 23.6 Å². The Balaban J connectivity index is 0.000000459. The zero-order chi connectivity index (χ0) is 30.1. The summed E-state index contributed by atoms with van der Waals surface area (Å²) < 4.78 is 4.78. The summed E-state index contributed by atoms with van der Waals surface area (Å²) in [6.07, 6.45) is 3.68. The van der Waals surface area contributed by atoms with Gasteiger partial charge in [0.15, 0.2) is 5.69 Å². The molecule has 4 N–H and O–H groups in total. The molecule has 216 valence electrons. The van der Waals surface area contributed by atoms with Crippen molar-refractivity contribution in [3.8, 4) is 6.07 Å². The molecule has 4 amide bonds. The number of hydrogen-bond donors (Lipinski definition) is 4. The lowest BCUT2D eigenvalue weighted by Crippen LogP contribution is -2.41. The fourth-order valence-electron chi connectivity index (χ4n) is 2.99. The Labute approximate surface area is 235 Å². The highest BCUT2D eigenvalue weighted by atomic mass is 16.5. The summed E-state index contributed by atoms with van der Waals surface area (Å²) in [4.78, 5) is 46.6. The Kier molecular flexibility index (Phi) is 14.4. The van der Waals surface area contributed by atoms with E-state index in [0.29, 0.717) is 18.8 Å². The van der Waals surface area contributed by atoms with Crippen molar-refractivity contribution in [2.75, 3.05) is 19.6 Å². The van der Waals surface area contributed by atoms with Gasteiger partial charge in [0.05, 0.1) is 13.1 Å². The van der Waals surface area contributed by atoms with Gasteiger partial charge in [0.1, 0.15) is 17.4 Å². The molecule has 1 heterocycles. The van der Waals surface area contributed by atoms with Crippen LogP contribution in [0.3, 0.4) is 0 Å².